The van der Waals surface area contributed by atoms with Crippen LogP contribution in [0.25, 0.3) is 6.08 Å². The Bertz CT molecular complexity index is 898. The lowest BCUT2D eigenvalue weighted by molar-refractivity contribution is -0.123. The Balaban J connectivity index is 1.88. The fourth-order valence-corrected chi connectivity index (χ4v) is 2.77. The maximum Gasteiger partial charge on any atom is 0.329 e. The molecule has 26 heavy (non-hydrogen) atoms. The summed E-state index contributed by atoms with van der Waals surface area (Å²) in [4.78, 5) is 25.7. The third kappa shape index (κ3) is 3.70. The molecule has 134 valence electrons. The minimum absolute atomic E-state index is 0.0783. The van der Waals surface area contributed by atoms with Crippen molar-refractivity contribution in [3.63, 3.8) is 0 Å². The topological polar surface area (TPSA) is 58.6 Å². The third-order valence-corrected chi connectivity index (χ3v) is 4.06. The van der Waals surface area contributed by atoms with E-state index in [0.29, 0.717) is 22.9 Å². The summed E-state index contributed by atoms with van der Waals surface area (Å²) in [6.45, 7) is 2.13. The molecule has 1 fully saturated rings. The van der Waals surface area contributed by atoms with Crippen LogP contribution in [0.15, 0.2) is 48.2 Å². The maximum absolute atomic E-state index is 13.8. The molecule has 0 atom stereocenters. The molecular weight excluding hydrogens is 359 g/mol. The maximum atomic E-state index is 13.8. The number of imide groups is 1. The van der Waals surface area contributed by atoms with Crippen molar-refractivity contribution >= 4 is 29.6 Å². The van der Waals surface area contributed by atoms with E-state index >= 15 is 0 Å². The predicted molar refractivity (Wildman–Crippen MR) is 96.1 cm³/mol. The minimum atomic E-state index is -0.607. The van der Waals surface area contributed by atoms with Gasteiger partial charge in [-0.1, -0.05) is 29.8 Å². The van der Waals surface area contributed by atoms with Gasteiger partial charge in [0.15, 0.2) is 0 Å². The van der Waals surface area contributed by atoms with Crippen molar-refractivity contribution in [2.75, 3.05) is 6.61 Å². The van der Waals surface area contributed by atoms with Gasteiger partial charge in [0, 0.05) is 16.1 Å². The molecule has 7 heteroatoms. The molecule has 0 aliphatic carbocycles. The van der Waals surface area contributed by atoms with Gasteiger partial charge in [-0.25, -0.2) is 9.18 Å². The Morgan fingerprint density at radius 1 is 1.23 bits per heavy atom. The van der Waals surface area contributed by atoms with E-state index in [1.54, 1.807) is 30.3 Å². The van der Waals surface area contributed by atoms with Gasteiger partial charge in [-0.05, 0) is 37.3 Å². The number of nitrogens with zero attached hydrogens (tertiary/aromatic N) is 1. The highest BCUT2D eigenvalue weighted by atomic mass is 35.5. The molecule has 0 unspecified atom stereocenters. The number of benzene rings is 2. The molecule has 0 radical (unpaired) electrons. The highest BCUT2D eigenvalue weighted by Crippen LogP contribution is 2.27. The van der Waals surface area contributed by atoms with Gasteiger partial charge in [-0.2, -0.15) is 0 Å². The van der Waals surface area contributed by atoms with Gasteiger partial charge in [-0.15, -0.1) is 0 Å². The fourth-order valence-electron chi connectivity index (χ4n) is 2.59. The molecule has 1 heterocycles. The van der Waals surface area contributed by atoms with Gasteiger partial charge in [0.2, 0.25) is 0 Å². The van der Waals surface area contributed by atoms with E-state index in [-0.39, 0.29) is 17.8 Å². The van der Waals surface area contributed by atoms with Crippen LogP contribution in [0.1, 0.15) is 18.1 Å². The monoisotopic (exact) mass is 374 g/mol. The van der Waals surface area contributed by atoms with Crippen molar-refractivity contribution in [3.8, 4) is 5.75 Å². The van der Waals surface area contributed by atoms with E-state index in [0.717, 1.165) is 4.90 Å². The van der Waals surface area contributed by atoms with Gasteiger partial charge in [0.05, 0.1) is 13.2 Å². The standard InChI is InChI=1S/C19H16ClFN2O3/c1-2-26-17-8-7-14(20)9-13(17)10-16-18(24)23(19(25)22-16)11-12-5-3-4-6-15(12)21/h3-10H,2,11H2,1H3,(H,22,25)/b16-10+. The number of nitrogens with one attached hydrogen (secondary N) is 1. The molecule has 1 N–H and O–H groups in total. The van der Waals surface area contributed by atoms with Crippen LogP contribution in [0, 0.1) is 5.82 Å². The molecule has 1 aliphatic rings. The Labute approximate surface area is 155 Å². The molecule has 1 saturated heterocycles. The van der Waals surface area contributed by atoms with Crippen molar-refractivity contribution < 1.29 is 18.7 Å². The molecule has 0 saturated carbocycles. The largest absolute Gasteiger partial charge is 0.493 e. The lowest BCUT2D eigenvalue weighted by Crippen LogP contribution is -2.30. The van der Waals surface area contributed by atoms with Crippen LogP contribution in [-0.4, -0.2) is 23.4 Å². The normalized spacial score (nSPS) is 15.5. The van der Waals surface area contributed by atoms with Crippen LogP contribution in [0.5, 0.6) is 5.75 Å². The number of amides is 3. The van der Waals surface area contributed by atoms with E-state index in [9.17, 15) is 14.0 Å². The SMILES string of the molecule is CCOc1ccc(Cl)cc1/C=C1/NC(=O)N(Cc2ccccc2F)C1=O. The summed E-state index contributed by atoms with van der Waals surface area (Å²) >= 11 is 6.01. The summed E-state index contributed by atoms with van der Waals surface area (Å²) in [6, 6.07) is 10.4. The van der Waals surface area contributed by atoms with E-state index in [1.807, 2.05) is 6.92 Å². The Morgan fingerprint density at radius 2 is 2.00 bits per heavy atom. The van der Waals surface area contributed by atoms with Crippen molar-refractivity contribution in [2.24, 2.45) is 0 Å². The molecule has 2 aromatic rings. The zero-order chi connectivity index (χ0) is 18.7. The lowest BCUT2D eigenvalue weighted by atomic mass is 10.1. The number of hydrogen-bond acceptors (Lipinski definition) is 3. The van der Waals surface area contributed by atoms with Crippen molar-refractivity contribution in [1.29, 1.82) is 0 Å². The minimum Gasteiger partial charge on any atom is -0.493 e. The van der Waals surface area contributed by atoms with Crippen LogP contribution < -0.4 is 10.1 Å². The van der Waals surface area contributed by atoms with Crippen molar-refractivity contribution in [1.82, 2.24) is 10.2 Å². The molecular formula is C19H16ClFN2O3. The molecule has 5 nitrogen and oxygen atoms in total. The van der Waals surface area contributed by atoms with Crippen molar-refractivity contribution in [3.05, 3.63) is 70.1 Å². The number of urea groups is 1. The number of hydrogen-bond donors (Lipinski definition) is 1. The van der Waals surface area contributed by atoms with Gasteiger partial charge >= 0.3 is 6.03 Å². The predicted octanol–water partition coefficient (Wildman–Crippen LogP) is 3.97. The second-order valence-corrected chi connectivity index (χ2v) is 6.02. The Kier molecular flexibility index (Phi) is 5.23. The first-order chi connectivity index (χ1) is 12.5. The van der Waals surface area contributed by atoms with Gasteiger partial charge in [-0.3, -0.25) is 9.69 Å². The summed E-state index contributed by atoms with van der Waals surface area (Å²) in [6.07, 6.45) is 1.50. The highest BCUT2D eigenvalue weighted by Gasteiger charge is 2.34. The summed E-state index contributed by atoms with van der Waals surface area (Å²) < 4.78 is 19.3. The van der Waals surface area contributed by atoms with E-state index < -0.39 is 17.8 Å². The zero-order valence-electron chi connectivity index (χ0n) is 14.0. The average Bonchev–Trinajstić information content (AvgIpc) is 2.87. The smallest absolute Gasteiger partial charge is 0.329 e. The fraction of sp³-hybridized carbons (Fsp3) is 0.158. The first-order valence-corrected chi connectivity index (χ1v) is 8.37. The molecule has 0 bridgehead atoms. The summed E-state index contributed by atoms with van der Waals surface area (Å²) in [5.74, 6) is -0.473. The van der Waals surface area contributed by atoms with Crippen molar-refractivity contribution in [2.45, 2.75) is 13.5 Å². The molecule has 0 spiro atoms. The molecule has 3 rings (SSSR count). The van der Waals surface area contributed by atoms with E-state index in [2.05, 4.69) is 5.32 Å². The third-order valence-electron chi connectivity index (χ3n) is 3.82. The molecule has 0 aromatic heterocycles. The highest BCUT2D eigenvalue weighted by molar-refractivity contribution is 6.30. The summed E-state index contributed by atoms with van der Waals surface area (Å²) in [7, 11) is 0. The Morgan fingerprint density at radius 3 is 2.73 bits per heavy atom. The number of carbonyl (C=O) groups is 2. The molecule has 3 amide bonds. The second-order valence-electron chi connectivity index (χ2n) is 5.59. The molecule has 1 aliphatic heterocycles. The van der Waals surface area contributed by atoms with Gasteiger partial charge in [0.1, 0.15) is 17.3 Å². The molecule has 2 aromatic carbocycles. The van der Waals surface area contributed by atoms with Gasteiger partial charge in [0.25, 0.3) is 5.91 Å². The van der Waals surface area contributed by atoms with Crippen LogP contribution in [0.4, 0.5) is 9.18 Å². The number of rotatable bonds is 5. The lowest BCUT2D eigenvalue weighted by Gasteiger charge is -2.12. The summed E-state index contributed by atoms with van der Waals surface area (Å²) in [5, 5.41) is 2.98. The zero-order valence-corrected chi connectivity index (χ0v) is 14.7. The second kappa shape index (κ2) is 7.58. The Hall–Kier alpha value is -2.86. The van der Waals surface area contributed by atoms with Crippen LogP contribution in [-0.2, 0) is 11.3 Å². The van der Waals surface area contributed by atoms with Gasteiger partial charge < -0.3 is 10.1 Å². The number of ether oxygens (including phenoxy) is 1. The van der Waals surface area contributed by atoms with E-state index in [1.165, 1.54) is 18.2 Å². The summed E-state index contributed by atoms with van der Waals surface area (Å²) in [5.41, 5.74) is 0.903. The quantitative estimate of drug-likeness (QED) is 0.636. The average molecular weight is 375 g/mol. The first-order valence-electron chi connectivity index (χ1n) is 8.00. The number of carbonyl (C=O) groups excluding carboxylic acids is 2. The van der Waals surface area contributed by atoms with E-state index in [4.69, 9.17) is 16.3 Å². The van der Waals surface area contributed by atoms with Crippen LogP contribution in [0.3, 0.4) is 0 Å². The van der Waals surface area contributed by atoms with Crippen LogP contribution in [0.2, 0.25) is 5.02 Å². The van der Waals surface area contributed by atoms with Crippen LogP contribution >= 0.6 is 11.6 Å². The number of halogens is 2. The first kappa shape index (κ1) is 17.9.